The molecule has 10 heteroatoms. The number of ketones is 2. The Morgan fingerprint density at radius 2 is 0.978 bits per heavy atom. The van der Waals surface area contributed by atoms with Crippen molar-refractivity contribution < 1.29 is 19.2 Å². The number of carbonyl (C=O) groups excluding carboxylic acids is 4. The van der Waals surface area contributed by atoms with E-state index in [2.05, 4.69) is 31.0 Å². The first-order valence-electron chi connectivity index (χ1n) is 15.6. The van der Waals surface area contributed by atoms with Crippen LogP contribution in [0.25, 0.3) is 0 Å². The quantitative estimate of drug-likeness (QED) is 0.217. The second-order valence-electron chi connectivity index (χ2n) is 12.0. The number of Topliss-reactive ketones (excluding diaryl/α,β-unsaturated/α-hetero) is 2. The van der Waals surface area contributed by atoms with Crippen molar-refractivity contribution in [3.05, 3.63) is 107 Å². The van der Waals surface area contributed by atoms with E-state index in [0.29, 0.717) is 22.8 Å². The van der Waals surface area contributed by atoms with Crippen LogP contribution in [0.3, 0.4) is 0 Å². The Balaban J connectivity index is 1.10. The highest BCUT2D eigenvalue weighted by atomic mass is 16.2. The number of amides is 2. The van der Waals surface area contributed by atoms with E-state index < -0.39 is 0 Å². The van der Waals surface area contributed by atoms with Gasteiger partial charge in [0, 0.05) is 49.9 Å². The van der Waals surface area contributed by atoms with Crippen molar-refractivity contribution in [3.63, 3.8) is 0 Å². The van der Waals surface area contributed by atoms with Crippen molar-refractivity contribution in [3.8, 4) is 0 Å². The highest BCUT2D eigenvalue weighted by Gasteiger charge is 2.27. The van der Waals surface area contributed by atoms with Gasteiger partial charge in [-0.25, -0.2) is 0 Å². The zero-order valence-electron chi connectivity index (χ0n) is 26.2. The summed E-state index contributed by atoms with van der Waals surface area (Å²) in [4.78, 5) is 47.7. The van der Waals surface area contributed by atoms with Gasteiger partial charge in [0.25, 0.3) is 0 Å². The molecule has 2 heterocycles. The molecular weight excluding hydrogens is 580 g/mol. The summed E-state index contributed by atoms with van der Waals surface area (Å²) < 4.78 is 0. The Bertz CT molecular complexity index is 1550. The molecule has 10 nitrogen and oxygen atoms in total. The third kappa shape index (κ3) is 9.44. The van der Waals surface area contributed by atoms with Crippen molar-refractivity contribution in [1.82, 2.24) is 20.4 Å². The molecule has 0 bridgehead atoms. The molecule has 2 atom stereocenters. The van der Waals surface area contributed by atoms with E-state index in [1.165, 1.54) is 13.8 Å². The molecule has 1 fully saturated rings. The average molecular weight is 619 g/mol. The number of aromatic nitrogens is 4. The fourth-order valence-electron chi connectivity index (χ4n) is 5.89. The van der Waals surface area contributed by atoms with Gasteiger partial charge in [0.2, 0.25) is 11.8 Å². The largest absolute Gasteiger partial charge is 0.326 e. The minimum atomic E-state index is -0.135. The number of nitrogens with one attached hydrogen (secondary N) is 2. The molecule has 0 unspecified atom stereocenters. The maximum atomic E-state index is 12.7. The summed E-state index contributed by atoms with van der Waals surface area (Å²) in [5, 5.41) is 23.2. The summed E-state index contributed by atoms with van der Waals surface area (Å²) in [5.74, 6) is 0.325. The average Bonchev–Trinajstić information content (AvgIpc) is 3.03. The summed E-state index contributed by atoms with van der Waals surface area (Å²) in [5.41, 5.74) is 6.31. The minimum absolute atomic E-state index is 0.0492. The second kappa shape index (κ2) is 15.2. The van der Waals surface area contributed by atoms with Crippen LogP contribution in [0.2, 0.25) is 0 Å². The van der Waals surface area contributed by atoms with Crippen LogP contribution in [-0.2, 0) is 44.9 Å². The maximum Gasteiger partial charge on any atom is 0.221 e. The van der Waals surface area contributed by atoms with E-state index in [4.69, 9.17) is 0 Å². The van der Waals surface area contributed by atoms with Gasteiger partial charge in [-0.15, -0.1) is 0 Å². The van der Waals surface area contributed by atoms with Crippen LogP contribution in [0.15, 0.2) is 72.8 Å². The van der Waals surface area contributed by atoms with Crippen LogP contribution < -0.4 is 10.6 Å². The van der Waals surface area contributed by atoms with E-state index in [0.717, 1.165) is 48.2 Å². The lowest BCUT2D eigenvalue weighted by Gasteiger charge is -2.28. The molecule has 236 valence electrons. The number of nitrogens with zero attached hydrogens (tertiary/aromatic N) is 4. The second-order valence-corrected chi connectivity index (χ2v) is 12.0. The molecule has 0 saturated heterocycles. The van der Waals surface area contributed by atoms with Crippen LogP contribution in [0, 0.1) is 0 Å². The Labute approximate surface area is 268 Å². The van der Waals surface area contributed by atoms with Crippen LogP contribution in [0.5, 0.6) is 0 Å². The minimum Gasteiger partial charge on any atom is -0.326 e. The Hall–Kier alpha value is -5.12. The molecule has 0 spiro atoms. The number of hydrogen-bond donors (Lipinski definition) is 2. The molecule has 2 aromatic carbocycles. The van der Waals surface area contributed by atoms with E-state index in [9.17, 15) is 19.2 Å². The van der Waals surface area contributed by atoms with E-state index >= 15 is 0 Å². The lowest BCUT2D eigenvalue weighted by Crippen LogP contribution is -2.17. The van der Waals surface area contributed by atoms with E-state index in [1.54, 1.807) is 24.3 Å². The first-order valence-corrected chi connectivity index (χ1v) is 15.6. The van der Waals surface area contributed by atoms with Gasteiger partial charge in [0.05, 0.1) is 35.6 Å². The van der Waals surface area contributed by atoms with Crippen LogP contribution in [-0.4, -0.2) is 43.8 Å². The van der Waals surface area contributed by atoms with Crippen molar-refractivity contribution in [2.75, 3.05) is 10.6 Å². The third-order valence-corrected chi connectivity index (χ3v) is 8.10. The molecule has 46 heavy (non-hydrogen) atoms. The normalized spacial score (nSPS) is 16.0. The summed E-state index contributed by atoms with van der Waals surface area (Å²) in [7, 11) is 0. The molecule has 1 saturated carbocycles. The fourth-order valence-corrected chi connectivity index (χ4v) is 5.89. The summed E-state index contributed by atoms with van der Waals surface area (Å²) in [6, 6.07) is 22.3. The molecule has 4 aromatic rings. The maximum absolute atomic E-state index is 12.7. The topological polar surface area (TPSA) is 144 Å². The third-order valence-electron chi connectivity index (χ3n) is 8.10. The number of anilines is 2. The van der Waals surface area contributed by atoms with Crippen molar-refractivity contribution in [2.45, 2.75) is 77.0 Å². The Morgan fingerprint density at radius 3 is 1.33 bits per heavy atom. The first kappa shape index (κ1) is 32.3. The van der Waals surface area contributed by atoms with Gasteiger partial charge in [0.1, 0.15) is 11.6 Å². The predicted molar refractivity (Wildman–Crippen MR) is 174 cm³/mol. The van der Waals surface area contributed by atoms with Gasteiger partial charge in [0.15, 0.2) is 0 Å². The molecular formula is C36H38N6O4. The van der Waals surface area contributed by atoms with Gasteiger partial charge in [-0.1, -0.05) is 30.7 Å². The Morgan fingerprint density at radius 1 is 0.565 bits per heavy atom. The SMILES string of the molecule is CC(=O)Nc1ccc(CC(=O)Cc2ccc([C@H]3CCC[C@H](c4ccc(CC(=O)Cc5ccc(NC(C)=O)cc5)nn4)C3)nn2)cc1. The first-order chi connectivity index (χ1) is 22.2. The van der Waals surface area contributed by atoms with Gasteiger partial charge in [-0.3, -0.25) is 19.2 Å². The van der Waals surface area contributed by atoms with Gasteiger partial charge in [-0.05, 0) is 78.9 Å². The summed E-state index contributed by atoms with van der Waals surface area (Å²) in [6.07, 6.45) is 4.97. The molecule has 2 aromatic heterocycles. The van der Waals surface area contributed by atoms with Gasteiger partial charge >= 0.3 is 0 Å². The number of benzene rings is 2. The molecule has 0 radical (unpaired) electrons. The van der Waals surface area contributed by atoms with Crippen LogP contribution >= 0.6 is 0 Å². The summed E-state index contributed by atoms with van der Waals surface area (Å²) in [6.45, 7) is 2.91. The lowest BCUT2D eigenvalue weighted by molar-refractivity contribution is -0.118. The number of hydrogen-bond acceptors (Lipinski definition) is 8. The standard InChI is InChI=1S/C36H38N6O4/c1-23(43)37-29-10-6-25(7-11-29)18-33(45)21-31-14-16-35(41-39-31)27-4-3-5-28(20-27)36-17-15-32(40-42-36)22-34(46)19-26-8-12-30(13-9-26)38-24(2)44/h6-17,27-28H,3-5,18-22H2,1-2H3,(H,37,43)(H,38,44)/t27-,28-/m0/s1. The van der Waals surface area contributed by atoms with Gasteiger partial charge < -0.3 is 10.6 Å². The van der Waals surface area contributed by atoms with Crippen LogP contribution in [0.1, 0.15) is 85.3 Å². The molecule has 2 N–H and O–H groups in total. The molecule has 1 aliphatic rings. The highest BCUT2D eigenvalue weighted by Crippen LogP contribution is 2.39. The summed E-state index contributed by atoms with van der Waals surface area (Å²) >= 11 is 0. The molecule has 5 rings (SSSR count). The zero-order valence-corrected chi connectivity index (χ0v) is 26.2. The van der Waals surface area contributed by atoms with E-state index in [-0.39, 0.29) is 60.9 Å². The highest BCUT2D eigenvalue weighted by molar-refractivity contribution is 5.89. The molecule has 1 aliphatic carbocycles. The monoisotopic (exact) mass is 618 g/mol. The molecule has 0 aliphatic heterocycles. The smallest absolute Gasteiger partial charge is 0.221 e. The lowest BCUT2D eigenvalue weighted by atomic mass is 9.78. The number of carbonyl (C=O) groups is 4. The number of rotatable bonds is 12. The predicted octanol–water partition coefficient (Wildman–Crippen LogP) is 5.33. The van der Waals surface area contributed by atoms with Crippen molar-refractivity contribution >= 4 is 34.8 Å². The van der Waals surface area contributed by atoms with Crippen LogP contribution in [0.4, 0.5) is 11.4 Å². The molecule has 2 amide bonds. The van der Waals surface area contributed by atoms with Crippen molar-refractivity contribution in [2.24, 2.45) is 0 Å². The Kier molecular flexibility index (Phi) is 10.7. The zero-order chi connectivity index (χ0) is 32.5. The van der Waals surface area contributed by atoms with E-state index in [1.807, 2.05) is 48.5 Å². The fraction of sp³-hybridized carbons (Fsp3) is 0.333. The van der Waals surface area contributed by atoms with Gasteiger partial charge in [-0.2, -0.15) is 20.4 Å². The van der Waals surface area contributed by atoms with Crippen molar-refractivity contribution in [1.29, 1.82) is 0 Å².